The monoisotopic (exact) mass is 460 g/mol. The number of aryl methyl sites for hydroxylation is 1. The van der Waals surface area contributed by atoms with Crippen molar-refractivity contribution in [1.82, 2.24) is 24.8 Å². The average molecular weight is 460 g/mol. The molecule has 34 heavy (non-hydrogen) atoms. The number of aromatic nitrogens is 4. The molecular weight excluding hydrogens is 440 g/mol. The van der Waals surface area contributed by atoms with Crippen molar-refractivity contribution < 1.29 is 19.1 Å². The first-order valence-corrected chi connectivity index (χ1v) is 10.6. The van der Waals surface area contributed by atoms with Gasteiger partial charge in [-0.15, -0.1) is 0 Å². The van der Waals surface area contributed by atoms with Crippen LogP contribution in [-0.2, 0) is 9.59 Å². The molecule has 11 nitrogen and oxygen atoms in total. The molecule has 172 valence electrons. The first-order valence-electron chi connectivity index (χ1n) is 10.6. The molecule has 4 aromatic rings. The van der Waals surface area contributed by atoms with E-state index in [4.69, 9.17) is 4.74 Å². The third-order valence-corrected chi connectivity index (χ3v) is 5.88. The lowest BCUT2D eigenvalue weighted by molar-refractivity contribution is -0.135. The number of nitrogens with one attached hydrogen (secondary N) is 3. The number of amides is 3. The van der Waals surface area contributed by atoms with E-state index >= 15 is 0 Å². The average Bonchev–Trinajstić information content (AvgIpc) is 3.25. The highest BCUT2D eigenvalue weighted by Crippen LogP contribution is 2.27. The van der Waals surface area contributed by atoms with Crippen LogP contribution in [0.1, 0.15) is 35.1 Å². The quantitative estimate of drug-likeness (QED) is 0.393. The van der Waals surface area contributed by atoms with Crippen molar-refractivity contribution in [2.45, 2.75) is 25.8 Å². The molecule has 1 fully saturated rings. The number of piperidine rings is 1. The minimum atomic E-state index is -0.824. The van der Waals surface area contributed by atoms with E-state index in [1.54, 1.807) is 43.6 Å². The molecule has 0 radical (unpaired) electrons. The third kappa shape index (κ3) is 3.38. The first kappa shape index (κ1) is 21.3. The Hall–Kier alpha value is -4.54. The van der Waals surface area contributed by atoms with Gasteiger partial charge in [-0.25, -0.2) is 9.97 Å². The molecule has 1 aliphatic heterocycles. The summed E-state index contributed by atoms with van der Waals surface area (Å²) in [5, 5.41) is 5.98. The van der Waals surface area contributed by atoms with Gasteiger partial charge in [0, 0.05) is 24.2 Å². The Morgan fingerprint density at radius 3 is 2.79 bits per heavy atom. The fourth-order valence-corrected chi connectivity index (χ4v) is 4.29. The molecular formula is C23H20N6O5. The Bertz CT molecular complexity index is 1550. The zero-order valence-corrected chi connectivity index (χ0v) is 18.3. The molecule has 0 aliphatic carbocycles. The normalized spacial score (nSPS) is 16.0. The molecule has 4 heterocycles. The predicted octanol–water partition coefficient (Wildman–Crippen LogP) is 1.82. The number of carbonyl (C=O) groups excluding carboxylic acids is 3. The Morgan fingerprint density at radius 2 is 2.03 bits per heavy atom. The fraction of sp³-hybridized carbons (Fsp3) is 0.217. The summed E-state index contributed by atoms with van der Waals surface area (Å²) < 4.78 is 6.53. The van der Waals surface area contributed by atoms with Crippen molar-refractivity contribution in [1.29, 1.82) is 0 Å². The zero-order valence-electron chi connectivity index (χ0n) is 18.3. The lowest BCUT2D eigenvalue weighted by Crippen LogP contribution is -2.45. The number of anilines is 1. The van der Waals surface area contributed by atoms with Gasteiger partial charge in [0.1, 0.15) is 22.9 Å². The van der Waals surface area contributed by atoms with Gasteiger partial charge in [-0.1, -0.05) is 6.07 Å². The van der Waals surface area contributed by atoms with Crippen LogP contribution in [0.5, 0.6) is 5.88 Å². The van der Waals surface area contributed by atoms with Crippen molar-refractivity contribution in [3.63, 3.8) is 0 Å². The summed E-state index contributed by atoms with van der Waals surface area (Å²) in [4.78, 5) is 61.9. The molecule has 0 bridgehead atoms. The Balaban J connectivity index is 1.54. The fourth-order valence-electron chi connectivity index (χ4n) is 4.29. The molecule has 1 aliphatic rings. The van der Waals surface area contributed by atoms with Crippen LogP contribution in [0.25, 0.3) is 21.8 Å². The second kappa shape index (κ2) is 8.10. The molecule has 1 atom stereocenters. The number of para-hydroxylation sites is 1. The second-order valence-corrected chi connectivity index (χ2v) is 7.90. The van der Waals surface area contributed by atoms with Crippen LogP contribution in [0.3, 0.4) is 0 Å². The van der Waals surface area contributed by atoms with Crippen LogP contribution < -0.4 is 20.9 Å². The number of methoxy groups -OCH3 is 1. The van der Waals surface area contributed by atoms with Crippen LogP contribution in [0.2, 0.25) is 0 Å². The summed E-state index contributed by atoms with van der Waals surface area (Å²) in [6.45, 7) is 1.61. The van der Waals surface area contributed by atoms with E-state index in [-0.39, 0.29) is 24.1 Å². The van der Waals surface area contributed by atoms with Crippen LogP contribution in [0, 0.1) is 6.92 Å². The molecule has 1 aromatic carbocycles. The highest BCUT2D eigenvalue weighted by molar-refractivity contribution is 6.15. The highest BCUT2D eigenvalue weighted by Gasteiger charge is 2.30. The number of hydrogen-bond donors (Lipinski definition) is 3. The van der Waals surface area contributed by atoms with Gasteiger partial charge in [-0.2, -0.15) is 0 Å². The van der Waals surface area contributed by atoms with Crippen molar-refractivity contribution in [2.24, 2.45) is 0 Å². The standard InChI is InChI=1S/C23H20N6O5/c1-11-26-18-13(23(33)29(11)16-6-7-17(30)28-21(16)32)4-3-5-15(18)27-20(31)14-10-25-19-12(14)8-9-24-22(19)34-2/h3-5,8-10,16,25H,6-7H2,1-2H3,(H,27,31)(H,28,30,32). The van der Waals surface area contributed by atoms with Gasteiger partial charge in [0.25, 0.3) is 11.5 Å². The molecule has 1 saturated heterocycles. The van der Waals surface area contributed by atoms with Crippen molar-refractivity contribution in [2.75, 3.05) is 12.4 Å². The number of benzene rings is 1. The Kier molecular flexibility index (Phi) is 5.08. The van der Waals surface area contributed by atoms with Crippen LogP contribution in [-0.4, -0.2) is 44.4 Å². The number of ether oxygens (including phenoxy) is 1. The van der Waals surface area contributed by atoms with E-state index in [9.17, 15) is 19.2 Å². The van der Waals surface area contributed by atoms with E-state index < -0.39 is 23.4 Å². The van der Waals surface area contributed by atoms with Gasteiger partial charge in [0.05, 0.1) is 23.7 Å². The highest BCUT2D eigenvalue weighted by atomic mass is 16.5. The molecule has 0 saturated carbocycles. The number of rotatable bonds is 4. The summed E-state index contributed by atoms with van der Waals surface area (Å²) in [7, 11) is 1.49. The predicted molar refractivity (Wildman–Crippen MR) is 123 cm³/mol. The maximum atomic E-state index is 13.3. The number of H-pyrrole nitrogens is 1. The van der Waals surface area contributed by atoms with E-state index in [1.807, 2.05) is 0 Å². The second-order valence-electron chi connectivity index (χ2n) is 7.90. The van der Waals surface area contributed by atoms with Crippen molar-refractivity contribution in [3.8, 4) is 5.88 Å². The SMILES string of the molecule is COc1nccc2c(C(=O)Nc3cccc4c(=O)n(C5CCC(=O)NC5=O)c(C)nc34)c[nH]c12. The van der Waals surface area contributed by atoms with Gasteiger partial charge in [-0.05, 0) is 31.5 Å². The number of carbonyl (C=O) groups is 3. The summed E-state index contributed by atoms with van der Waals surface area (Å²) >= 11 is 0. The maximum Gasteiger partial charge on any atom is 0.262 e. The number of hydrogen-bond acceptors (Lipinski definition) is 7. The minimum absolute atomic E-state index is 0.140. The van der Waals surface area contributed by atoms with E-state index in [2.05, 4.69) is 25.6 Å². The smallest absolute Gasteiger partial charge is 0.262 e. The summed E-state index contributed by atoms with van der Waals surface area (Å²) in [5.41, 5.74) is 1.21. The zero-order chi connectivity index (χ0) is 24.0. The molecule has 3 aromatic heterocycles. The van der Waals surface area contributed by atoms with Gasteiger partial charge in [-0.3, -0.25) is 29.1 Å². The Labute approximate surface area is 192 Å². The van der Waals surface area contributed by atoms with Gasteiger partial charge in [0.15, 0.2) is 0 Å². The first-order chi connectivity index (χ1) is 16.4. The number of aromatic amines is 1. The summed E-state index contributed by atoms with van der Waals surface area (Å²) in [6, 6.07) is 5.75. The lowest BCUT2D eigenvalue weighted by atomic mass is 10.1. The summed E-state index contributed by atoms with van der Waals surface area (Å²) in [6.07, 6.45) is 3.46. The van der Waals surface area contributed by atoms with Gasteiger partial charge < -0.3 is 15.0 Å². The number of pyridine rings is 1. The van der Waals surface area contributed by atoms with Crippen LogP contribution in [0.4, 0.5) is 5.69 Å². The molecule has 1 unspecified atom stereocenters. The number of imide groups is 1. The molecule has 11 heteroatoms. The van der Waals surface area contributed by atoms with Crippen LogP contribution >= 0.6 is 0 Å². The number of nitrogens with zero attached hydrogens (tertiary/aromatic N) is 3. The van der Waals surface area contributed by atoms with E-state index in [1.165, 1.54) is 11.7 Å². The van der Waals surface area contributed by atoms with Crippen LogP contribution in [0.15, 0.2) is 41.5 Å². The Morgan fingerprint density at radius 1 is 1.21 bits per heavy atom. The van der Waals surface area contributed by atoms with Gasteiger partial charge >= 0.3 is 0 Å². The molecule has 5 rings (SSSR count). The van der Waals surface area contributed by atoms with Gasteiger partial charge in [0.2, 0.25) is 17.7 Å². The molecule has 0 spiro atoms. The minimum Gasteiger partial charge on any atom is -0.479 e. The maximum absolute atomic E-state index is 13.3. The van der Waals surface area contributed by atoms with E-state index in [0.717, 1.165) is 0 Å². The van der Waals surface area contributed by atoms with E-state index in [0.29, 0.717) is 39.4 Å². The van der Waals surface area contributed by atoms with Crippen molar-refractivity contribution >= 4 is 45.2 Å². The molecule has 3 N–H and O–H groups in total. The molecule has 3 amide bonds. The topological polar surface area (TPSA) is 148 Å². The third-order valence-electron chi connectivity index (χ3n) is 5.88. The summed E-state index contributed by atoms with van der Waals surface area (Å²) in [5.74, 6) is -0.627. The lowest BCUT2D eigenvalue weighted by Gasteiger charge is -2.24. The number of fused-ring (bicyclic) bond motifs is 2. The largest absolute Gasteiger partial charge is 0.479 e. The van der Waals surface area contributed by atoms with Crippen molar-refractivity contribution in [3.05, 3.63) is 58.4 Å².